The van der Waals surface area contributed by atoms with E-state index in [1.54, 1.807) is 60.6 Å². The molecule has 0 spiro atoms. The Labute approximate surface area is 489 Å². The zero-order valence-corrected chi connectivity index (χ0v) is 53.8. The predicted octanol–water partition coefficient (Wildman–Crippen LogP) is 2.24. The summed E-state index contributed by atoms with van der Waals surface area (Å²) in [7, 11) is 9.82. The van der Waals surface area contributed by atoms with Crippen molar-refractivity contribution in [1.82, 2.24) is 55.6 Å². The fraction of sp³-hybridized carbons (Fsp3) is 0.780. The third-order valence-electron chi connectivity index (χ3n) is 15.6. The first-order valence-corrected chi connectivity index (χ1v) is 29.2. The molecule has 0 saturated carbocycles. The second kappa shape index (κ2) is 33.2. The van der Waals surface area contributed by atoms with E-state index in [9.17, 15) is 48.3 Å². The number of hydrogen-bond acceptors (Lipinski definition) is 12. The van der Waals surface area contributed by atoms with Gasteiger partial charge in [0.15, 0.2) is 0 Å². The number of aliphatic hydroxyl groups excluding tert-OH is 1. The van der Waals surface area contributed by atoms with Crippen LogP contribution in [0.2, 0.25) is 0 Å². The number of carbonyl (C=O) groups is 11. The van der Waals surface area contributed by atoms with E-state index in [1.807, 2.05) is 41.5 Å². The highest BCUT2D eigenvalue weighted by Gasteiger charge is 2.45. The highest BCUT2D eigenvalue weighted by atomic mass is 16.3. The normalized spacial score (nSPS) is 27.4. The summed E-state index contributed by atoms with van der Waals surface area (Å²) in [6, 6.07) is -12.3. The summed E-state index contributed by atoms with van der Waals surface area (Å²) < 4.78 is 0. The van der Waals surface area contributed by atoms with Crippen molar-refractivity contribution in [2.75, 3.05) is 55.9 Å². The van der Waals surface area contributed by atoms with Crippen LogP contribution in [0.1, 0.15) is 143 Å². The van der Waals surface area contributed by atoms with Gasteiger partial charge < -0.3 is 60.7 Å². The van der Waals surface area contributed by atoms with Crippen LogP contribution in [0.5, 0.6) is 0 Å². The van der Waals surface area contributed by atoms with E-state index in [-0.39, 0.29) is 43.4 Å². The van der Waals surface area contributed by atoms with Gasteiger partial charge in [-0.25, -0.2) is 0 Å². The van der Waals surface area contributed by atoms with Gasteiger partial charge in [-0.05, 0) is 95.3 Å². The van der Waals surface area contributed by atoms with Crippen molar-refractivity contribution in [2.45, 2.75) is 209 Å². The number of aliphatic hydroxyl groups is 1. The fourth-order valence-corrected chi connectivity index (χ4v) is 10.0. The number of nitrogens with one attached hydrogen (secondary N) is 4. The summed E-state index contributed by atoms with van der Waals surface area (Å²) in [5, 5.41) is 22.8. The molecule has 1 rings (SSSR count). The van der Waals surface area contributed by atoms with Crippen LogP contribution < -0.4 is 21.3 Å². The average molecular weight is 1160 g/mol. The molecule has 1 aliphatic heterocycles. The monoisotopic (exact) mass is 1160 g/mol. The molecule has 11 amide bonds. The van der Waals surface area contributed by atoms with Crippen LogP contribution in [0, 0.1) is 35.5 Å². The van der Waals surface area contributed by atoms with Crippen molar-refractivity contribution in [3.8, 4) is 0 Å². The maximum atomic E-state index is 15.1. The molecule has 5 N–H and O–H groups in total. The van der Waals surface area contributed by atoms with Crippen LogP contribution in [0.4, 0.5) is 0 Å². The minimum absolute atomic E-state index is 0.0235. The summed E-state index contributed by atoms with van der Waals surface area (Å²) in [6.07, 6.45) is 2.88. The molecule has 1 heterocycles. The van der Waals surface area contributed by atoms with Crippen LogP contribution in [-0.4, -0.2) is 227 Å². The standard InChI is InChI=1S/C59H105N11O12/c1-24-26-27-37(13)49(72)48-53(76)62-41(25-2)55(78)64(17)31-45(71)66(19)42(28-32(3)4)52(75)63-46(35(9)10)58(81)65(18)40(16)51(74)60-38(14)50(73)61-39(15)54(77)67(20)43(29-33(5)6)56(79)68(21)44(30-34(7)8)57(80)69(22)47(36(11)12)59(82)70(48)23/h24,26,32-44,46-49,72H,25,27-31H2,1-23H3,(H,60,74)(H,61,73)(H,62,76)(H,63,75)/b26-24+/t37-,38+,39-,40+,41+,42+,43+,44-,46+,47+,48+,49-/m1/s1. The number of rotatable bonds is 13. The van der Waals surface area contributed by atoms with E-state index in [2.05, 4.69) is 21.3 Å². The molecule has 0 aromatic rings. The van der Waals surface area contributed by atoms with E-state index < -0.39 is 156 Å². The minimum atomic E-state index is -1.61. The smallest absolute Gasteiger partial charge is 0.246 e. The lowest BCUT2D eigenvalue weighted by Crippen LogP contribution is -2.63. The third kappa shape index (κ3) is 20.1. The Balaban J connectivity index is 4.24. The molecule has 0 aliphatic carbocycles. The minimum Gasteiger partial charge on any atom is -0.390 e. The number of likely N-dealkylation sites (N-methyl/N-ethyl adjacent to an activating group) is 7. The maximum Gasteiger partial charge on any atom is 0.246 e. The summed E-state index contributed by atoms with van der Waals surface area (Å²) in [5.41, 5.74) is 0. The third-order valence-corrected chi connectivity index (χ3v) is 15.6. The Morgan fingerprint density at radius 3 is 1.41 bits per heavy atom. The summed E-state index contributed by atoms with van der Waals surface area (Å²) in [5.74, 6) is -9.67. The van der Waals surface area contributed by atoms with Gasteiger partial charge in [-0.3, -0.25) is 52.7 Å². The van der Waals surface area contributed by atoms with Crippen molar-refractivity contribution in [3.05, 3.63) is 12.2 Å². The predicted molar refractivity (Wildman–Crippen MR) is 315 cm³/mol. The molecule has 468 valence electrons. The summed E-state index contributed by atoms with van der Waals surface area (Å²) in [4.78, 5) is 167. The van der Waals surface area contributed by atoms with Crippen LogP contribution >= 0.6 is 0 Å². The molecule has 0 radical (unpaired) electrons. The molecular weight excluding hydrogens is 1050 g/mol. The quantitative estimate of drug-likeness (QED) is 0.166. The molecule has 82 heavy (non-hydrogen) atoms. The zero-order valence-electron chi connectivity index (χ0n) is 53.8. The second-order valence-electron chi connectivity index (χ2n) is 24.6. The second-order valence-corrected chi connectivity index (χ2v) is 24.6. The van der Waals surface area contributed by atoms with E-state index in [1.165, 1.54) is 89.7 Å². The Bertz CT molecular complexity index is 2260. The first-order valence-electron chi connectivity index (χ1n) is 29.2. The molecule has 0 bridgehead atoms. The van der Waals surface area contributed by atoms with E-state index in [4.69, 9.17) is 0 Å². The van der Waals surface area contributed by atoms with Gasteiger partial charge in [0, 0.05) is 49.3 Å². The number of amides is 11. The van der Waals surface area contributed by atoms with Crippen LogP contribution in [-0.2, 0) is 52.7 Å². The lowest BCUT2D eigenvalue weighted by Gasteiger charge is -2.41. The van der Waals surface area contributed by atoms with E-state index in [0.29, 0.717) is 6.42 Å². The van der Waals surface area contributed by atoms with Crippen molar-refractivity contribution >= 4 is 65.0 Å². The molecule has 23 heteroatoms. The first-order chi connectivity index (χ1) is 37.8. The number of carbonyl (C=O) groups excluding carboxylic acids is 11. The molecule has 1 saturated heterocycles. The van der Waals surface area contributed by atoms with Crippen molar-refractivity contribution < 1.29 is 57.8 Å². The molecular formula is C59H105N11O12. The van der Waals surface area contributed by atoms with Gasteiger partial charge in [-0.1, -0.05) is 95.2 Å². The SMILES string of the molecule is C/C=C/C[C@@H](C)[C@@H](O)[C@H]1C(=O)N[C@@H](CC)C(=O)N(C)CC(=O)N(C)[C@@H](CC(C)C)C(=O)N[C@@H](C(C)C)C(=O)N(C)[C@@H](C)C(=O)N[C@@H](C)C(=O)N[C@H](C)C(=O)N(C)[C@@H](CC(C)C)C(=O)N(C)[C@H](CC(C)C)C(=O)N(C)[C@@H](C(C)C)C(=O)N1C. The molecule has 1 fully saturated rings. The van der Waals surface area contributed by atoms with E-state index in [0.717, 1.165) is 14.7 Å². The molecule has 0 aromatic carbocycles. The maximum absolute atomic E-state index is 15.1. The Morgan fingerprint density at radius 1 is 0.488 bits per heavy atom. The van der Waals surface area contributed by atoms with Crippen molar-refractivity contribution in [1.29, 1.82) is 0 Å². The summed E-state index contributed by atoms with van der Waals surface area (Å²) >= 11 is 0. The molecule has 0 aromatic heterocycles. The number of allylic oxidation sites excluding steroid dienone is 2. The molecule has 1 aliphatic rings. The van der Waals surface area contributed by atoms with Gasteiger partial charge >= 0.3 is 0 Å². The van der Waals surface area contributed by atoms with E-state index >= 15 is 9.59 Å². The lowest BCUT2D eigenvalue weighted by atomic mass is 9.91. The fourth-order valence-electron chi connectivity index (χ4n) is 10.0. The van der Waals surface area contributed by atoms with Gasteiger partial charge in [0.2, 0.25) is 65.0 Å². The summed E-state index contributed by atoms with van der Waals surface area (Å²) in [6.45, 7) is 26.9. The molecule has 0 unspecified atom stereocenters. The Hall–Kier alpha value is -6.13. The Morgan fingerprint density at radius 2 is 0.951 bits per heavy atom. The number of hydrogen-bond donors (Lipinski definition) is 5. The van der Waals surface area contributed by atoms with Crippen molar-refractivity contribution in [3.63, 3.8) is 0 Å². The van der Waals surface area contributed by atoms with Gasteiger partial charge in [0.1, 0.15) is 60.4 Å². The van der Waals surface area contributed by atoms with Crippen LogP contribution in [0.15, 0.2) is 12.2 Å². The van der Waals surface area contributed by atoms with Crippen LogP contribution in [0.3, 0.4) is 0 Å². The van der Waals surface area contributed by atoms with Crippen molar-refractivity contribution in [2.24, 2.45) is 35.5 Å². The molecule has 23 nitrogen and oxygen atoms in total. The number of nitrogens with zero attached hydrogens (tertiary/aromatic N) is 7. The van der Waals surface area contributed by atoms with Gasteiger partial charge in [0.05, 0.1) is 12.6 Å². The van der Waals surface area contributed by atoms with Gasteiger partial charge in [-0.2, -0.15) is 0 Å². The first kappa shape index (κ1) is 73.9. The molecule has 12 atom stereocenters. The highest BCUT2D eigenvalue weighted by Crippen LogP contribution is 2.25. The Kier molecular flexibility index (Phi) is 29.9. The highest BCUT2D eigenvalue weighted by molar-refractivity contribution is 5.99. The average Bonchev–Trinajstić information content (AvgIpc) is 3.40. The van der Waals surface area contributed by atoms with Gasteiger partial charge in [0.25, 0.3) is 0 Å². The van der Waals surface area contributed by atoms with Crippen LogP contribution in [0.25, 0.3) is 0 Å². The van der Waals surface area contributed by atoms with Gasteiger partial charge in [-0.15, -0.1) is 0 Å². The largest absolute Gasteiger partial charge is 0.390 e. The topological polar surface area (TPSA) is 279 Å². The lowest BCUT2D eigenvalue weighted by molar-refractivity contribution is -0.157. The zero-order chi connectivity index (χ0) is 63.7.